The molecule has 0 bridgehead atoms. The van der Waals surface area contributed by atoms with Crippen molar-refractivity contribution >= 4 is 28.5 Å². The molecule has 2 heterocycles. The Kier molecular flexibility index (Phi) is 5.62. The van der Waals surface area contributed by atoms with E-state index in [0.29, 0.717) is 18.8 Å². The topological polar surface area (TPSA) is 115 Å². The van der Waals surface area contributed by atoms with Gasteiger partial charge in [0.05, 0.1) is 17.3 Å². The molecule has 1 spiro atoms. The smallest absolute Gasteiger partial charge is 0.224 e. The molecular weight excluding hydrogens is 442 g/mol. The average molecular weight is 469 g/mol. The van der Waals surface area contributed by atoms with Crippen LogP contribution in [0.5, 0.6) is 0 Å². The van der Waals surface area contributed by atoms with Gasteiger partial charge in [0.25, 0.3) is 0 Å². The van der Waals surface area contributed by atoms with Crippen LogP contribution >= 0.6 is 0 Å². The van der Waals surface area contributed by atoms with Crippen molar-refractivity contribution < 1.29 is 23.2 Å². The van der Waals surface area contributed by atoms with Crippen LogP contribution in [-0.4, -0.2) is 34.2 Å². The Hall–Kier alpha value is -3.28. The second kappa shape index (κ2) is 8.49. The number of ketones is 1. The third-order valence-electron chi connectivity index (χ3n) is 7.31. The molecule has 1 aromatic heterocycles. The Morgan fingerprint density at radius 2 is 1.97 bits per heavy atom. The number of rotatable bonds is 9. The number of nitrogens with zero attached hydrogens (tertiary/aromatic N) is 1. The van der Waals surface area contributed by atoms with E-state index in [2.05, 4.69) is 21.7 Å². The van der Waals surface area contributed by atoms with Crippen molar-refractivity contribution in [2.24, 2.45) is 17.8 Å². The van der Waals surface area contributed by atoms with Gasteiger partial charge in [0.1, 0.15) is 17.7 Å². The number of halogens is 2. The monoisotopic (exact) mass is 468 g/mol. The number of nitriles is 1. The van der Waals surface area contributed by atoms with E-state index in [1.807, 2.05) is 0 Å². The predicted molar refractivity (Wildman–Crippen MR) is 118 cm³/mol. The summed E-state index contributed by atoms with van der Waals surface area (Å²) in [6.45, 7) is 0. The van der Waals surface area contributed by atoms with Gasteiger partial charge in [-0.1, -0.05) is 12.8 Å². The SMILES string of the molecule is N#CC(CC1CC2(CC2)NC1=O)NC(=O)C(CC(=O)c1cc2cc(F)cc(F)c2[nH]1)CC1CC1. The summed E-state index contributed by atoms with van der Waals surface area (Å²) >= 11 is 0. The maximum atomic E-state index is 14.0. The van der Waals surface area contributed by atoms with Crippen LogP contribution in [0.25, 0.3) is 10.9 Å². The summed E-state index contributed by atoms with van der Waals surface area (Å²) in [6, 6.07) is 4.54. The highest BCUT2D eigenvalue weighted by Gasteiger charge is 2.52. The fourth-order valence-electron chi connectivity index (χ4n) is 5.06. The van der Waals surface area contributed by atoms with Crippen molar-refractivity contribution in [1.82, 2.24) is 15.6 Å². The van der Waals surface area contributed by atoms with Gasteiger partial charge < -0.3 is 15.6 Å². The van der Waals surface area contributed by atoms with Crippen LogP contribution in [0, 0.1) is 40.7 Å². The summed E-state index contributed by atoms with van der Waals surface area (Å²) in [4.78, 5) is 41.0. The van der Waals surface area contributed by atoms with Crippen LogP contribution in [0.15, 0.2) is 18.2 Å². The van der Waals surface area contributed by atoms with E-state index >= 15 is 0 Å². The van der Waals surface area contributed by atoms with E-state index in [-0.39, 0.29) is 58.5 Å². The van der Waals surface area contributed by atoms with Crippen molar-refractivity contribution in [3.63, 3.8) is 0 Å². The van der Waals surface area contributed by atoms with Gasteiger partial charge in [0.2, 0.25) is 11.8 Å². The van der Waals surface area contributed by atoms with E-state index in [4.69, 9.17) is 0 Å². The molecule has 3 aliphatic rings. The van der Waals surface area contributed by atoms with Crippen molar-refractivity contribution in [3.05, 3.63) is 35.5 Å². The van der Waals surface area contributed by atoms with Gasteiger partial charge in [-0.25, -0.2) is 8.78 Å². The molecule has 0 radical (unpaired) electrons. The number of carbonyl (C=O) groups is 3. The minimum absolute atomic E-state index is 0.0424. The number of amides is 2. The summed E-state index contributed by atoms with van der Waals surface area (Å²) < 4.78 is 27.5. The lowest BCUT2D eigenvalue weighted by molar-refractivity contribution is -0.127. The molecule has 34 heavy (non-hydrogen) atoms. The molecule has 7 nitrogen and oxygen atoms in total. The van der Waals surface area contributed by atoms with Crippen LogP contribution in [0.4, 0.5) is 8.78 Å². The van der Waals surface area contributed by atoms with Gasteiger partial charge >= 0.3 is 0 Å². The second-order valence-corrected chi connectivity index (χ2v) is 10.1. The van der Waals surface area contributed by atoms with Crippen LogP contribution in [0.1, 0.15) is 61.9 Å². The number of H-pyrrole nitrogens is 1. The van der Waals surface area contributed by atoms with Crippen LogP contribution in [0.3, 0.4) is 0 Å². The fraction of sp³-hybridized carbons (Fsp3) is 0.520. The quantitative estimate of drug-likeness (QED) is 0.489. The van der Waals surface area contributed by atoms with E-state index in [9.17, 15) is 28.4 Å². The fourth-order valence-corrected chi connectivity index (χ4v) is 5.06. The van der Waals surface area contributed by atoms with Gasteiger partial charge in [-0.15, -0.1) is 0 Å². The molecule has 1 saturated heterocycles. The normalized spacial score (nSPS) is 22.3. The summed E-state index contributed by atoms with van der Waals surface area (Å²) in [5, 5.41) is 15.6. The number of aromatic amines is 1. The third-order valence-corrected chi connectivity index (χ3v) is 7.31. The molecule has 5 rings (SSSR count). The summed E-state index contributed by atoms with van der Waals surface area (Å²) in [5.74, 6) is -2.96. The maximum Gasteiger partial charge on any atom is 0.224 e. The first-order valence-electron chi connectivity index (χ1n) is 11.8. The number of Topliss-reactive ketones (excluding diaryl/α,β-unsaturated/α-hetero) is 1. The number of carbonyl (C=O) groups excluding carboxylic acids is 3. The van der Waals surface area contributed by atoms with Gasteiger partial charge in [-0.3, -0.25) is 14.4 Å². The number of benzene rings is 1. The lowest BCUT2D eigenvalue weighted by Crippen LogP contribution is -2.40. The Morgan fingerprint density at radius 1 is 1.21 bits per heavy atom. The maximum absolute atomic E-state index is 14.0. The van der Waals surface area contributed by atoms with E-state index in [1.54, 1.807) is 0 Å². The molecule has 9 heteroatoms. The largest absolute Gasteiger partial charge is 0.350 e. The average Bonchev–Trinajstić information content (AvgIpc) is 3.68. The Labute approximate surface area is 195 Å². The van der Waals surface area contributed by atoms with Crippen molar-refractivity contribution in [2.75, 3.05) is 0 Å². The molecular formula is C25H26F2N4O3. The predicted octanol–water partition coefficient (Wildman–Crippen LogP) is 3.50. The molecule has 178 valence electrons. The first kappa shape index (κ1) is 22.5. The second-order valence-electron chi connectivity index (χ2n) is 10.1. The molecule has 1 aromatic carbocycles. The summed E-state index contributed by atoms with van der Waals surface area (Å²) in [7, 11) is 0. The minimum Gasteiger partial charge on any atom is -0.350 e. The lowest BCUT2D eigenvalue weighted by Gasteiger charge is -2.20. The summed E-state index contributed by atoms with van der Waals surface area (Å²) in [5.41, 5.74) is 0.0531. The Morgan fingerprint density at radius 3 is 2.62 bits per heavy atom. The lowest BCUT2D eigenvalue weighted by atomic mass is 9.92. The van der Waals surface area contributed by atoms with Crippen molar-refractivity contribution in [2.45, 2.75) is 62.9 Å². The highest BCUT2D eigenvalue weighted by Crippen LogP contribution is 2.46. The van der Waals surface area contributed by atoms with Gasteiger partial charge in [-0.05, 0) is 50.2 Å². The Bertz CT molecular complexity index is 1210. The molecule has 2 saturated carbocycles. The molecule has 3 N–H and O–H groups in total. The van der Waals surface area contributed by atoms with E-state index in [1.165, 1.54) is 6.07 Å². The number of hydrogen-bond donors (Lipinski definition) is 3. The van der Waals surface area contributed by atoms with Gasteiger partial charge in [-0.2, -0.15) is 5.26 Å². The highest BCUT2D eigenvalue weighted by atomic mass is 19.1. The zero-order chi connectivity index (χ0) is 24.0. The van der Waals surface area contributed by atoms with Crippen molar-refractivity contribution in [3.8, 4) is 6.07 Å². The molecule has 3 atom stereocenters. The number of hydrogen-bond acceptors (Lipinski definition) is 4. The van der Waals surface area contributed by atoms with Crippen LogP contribution in [0.2, 0.25) is 0 Å². The molecule has 3 unspecified atom stereocenters. The number of aromatic nitrogens is 1. The number of nitrogens with one attached hydrogen (secondary N) is 3. The highest BCUT2D eigenvalue weighted by molar-refractivity contribution is 6.01. The molecule has 2 amide bonds. The van der Waals surface area contributed by atoms with Crippen LogP contribution in [-0.2, 0) is 9.59 Å². The minimum atomic E-state index is -0.820. The van der Waals surface area contributed by atoms with Gasteiger partial charge in [0, 0.05) is 35.2 Å². The van der Waals surface area contributed by atoms with Crippen molar-refractivity contribution in [1.29, 1.82) is 5.26 Å². The zero-order valence-corrected chi connectivity index (χ0v) is 18.6. The third kappa shape index (κ3) is 4.67. The van der Waals surface area contributed by atoms with E-state index in [0.717, 1.165) is 37.8 Å². The first-order chi connectivity index (χ1) is 16.2. The molecule has 2 aliphatic carbocycles. The zero-order valence-electron chi connectivity index (χ0n) is 18.6. The Balaban J connectivity index is 1.26. The standard InChI is InChI=1S/C25H26F2N4O3/c26-17-6-14-8-20(30-22(14)19(27)10-17)21(32)9-15(5-13-1-2-13)23(33)29-18(12-28)7-16-11-25(3-4-25)31-24(16)34/h6,8,10,13,15-16,18,30H,1-5,7,9,11H2,(H,29,33)(H,31,34). The molecule has 3 fully saturated rings. The first-order valence-corrected chi connectivity index (χ1v) is 11.8. The van der Waals surface area contributed by atoms with Crippen LogP contribution < -0.4 is 10.6 Å². The van der Waals surface area contributed by atoms with Gasteiger partial charge in [0.15, 0.2) is 5.78 Å². The molecule has 1 aliphatic heterocycles. The number of fused-ring (bicyclic) bond motifs is 1. The molecule has 2 aromatic rings. The summed E-state index contributed by atoms with van der Waals surface area (Å²) in [6.07, 6.45) is 5.22. The van der Waals surface area contributed by atoms with E-state index < -0.39 is 23.6 Å².